The Labute approximate surface area is 163 Å². The molecule has 0 aliphatic carbocycles. The molecule has 3 nitrogen and oxygen atoms in total. The third-order valence-electron chi connectivity index (χ3n) is 3.25. The summed E-state index contributed by atoms with van der Waals surface area (Å²) < 4.78 is 5.66. The average molecular weight is 398 g/mol. The molecule has 0 radical (unpaired) electrons. The summed E-state index contributed by atoms with van der Waals surface area (Å²) in [5.41, 5.74) is 2.06. The summed E-state index contributed by atoms with van der Waals surface area (Å²) in [6.07, 6.45) is 0.127. The highest BCUT2D eigenvalue weighted by molar-refractivity contribution is 7.99. The van der Waals surface area contributed by atoms with E-state index in [2.05, 4.69) is 5.32 Å². The summed E-state index contributed by atoms with van der Waals surface area (Å²) in [6, 6.07) is 13.3. The van der Waals surface area contributed by atoms with Gasteiger partial charge in [0.2, 0.25) is 5.91 Å². The van der Waals surface area contributed by atoms with Gasteiger partial charge in [0.25, 0.3) is 0 Å². The SMILES string of the molecule is CC(C)Oc1cccc(CNC(=O)CSCc2ccc(Cl)c(Cl)c2)c1. The van der Waals surface area contributed by atoms with Gasteiger partial charge in [0.1, 0.15) is 5.75 Å². The lowest BCUT2D eigenvalue weighted by molar-refractivity contribution is -0.118. The van der Waals surface area contributed by atoms with Crippen LogP contribution in [0.5, 0.6) is 5.75 Å². The predicted octanol–water partition coefficient (Wildman–Crippen LogP) is 5.33. The first-order valence-corrected chi connectivity index (χ1v) is 9.89. The Bertz CT molecular complexity index is 722. The van der Waals surface area contributed by atoms with E-state index in [1.54, 1.807) is 6.07 Å². The number of thioether (sulfide) groups is 1. The second kappa shape index (κ2) is 9.95. The summed E-state index contributed by atoms with van der Waals surface area (Å²) in [5, 5.41) is 4.00. The van der Waals surface area contributed by atoms with E-state index in [1.165, 1.54) is 11.8 Å². The van der Waals surface area contributed by atoms with E-state index >= 15 is 0 Å². The maximum atomic E-state index is 12.0. The highest BCUT2D eigenvalue weighted by atomic mass is 35.5. The zero-order chi connectivity index (χ0) is 18.2. The van der Waals surface area contributed by atoms with Gasteiger partial charge < -0.3 is 10.1 Å². The molecule has 2 aromatic rings. The van der Waals surface area contributed by atoms with Gasteiger partial charge in [-0.15, -0.1) is 11.8 Å². The molecule has 2 rings (SSSR count). The molecule has 0 aliphatic heterocycles. The highest BCUT2D eigenvalue weighted by Crippen LogP contribution is 2.24. The maximum absolute atomic E-state index is 12.0. The molecule has 2 aromatic carbocycles. The van der Waals surface area contributed by atoms with Crippen molar-refractivity contribution < 1.29 is 9.53 Å². The van der Waals surface area contributed by atoms with Crippen molar-refractivity contribution in [2.75, 3.05) is 5.75 Å². The third-order valence-corrected chi connectivity index (χ3v) is 4.99. The summed E-state index contributed by atoms with van der Waals surface area (Å²) in [4.78, 5) is 12.0. The third kappa shape index (κ3) is 7.18. The number of rotatable bonds is 8. The molecule has 0 unspecified atom stereocenters. The predicted molar refractivity (Wildman–Crippen MR) is 107 cm³/mol. The van der Waals surface area contributed by atoms with Crippen LogP contribution < -0.4 is 10.1 Å². The van der Waals surface area contributed by atoms with Crippen molar-refractivity contribution in [3.05, 3.63) is 63.6 Å². The van der Waals surface area contributed by atoms with Gasteiger partial charge in [0, 0.05) is 12.3 Å². The molecule has 25 heavy (non-hydrogen) atoms. The van der Waals surface area contributed by atoms with Crippen molar-refractivity contribution >= 4 is 40.9 Å². The second-order valence-corrected chi connectivity index (χ2v) is 7.63. The highest BCUT2D eigenvalue weighted by Gasteiger charge is 2.05. The average Bonchev–Trinajstić information content (AvgIpc) is 2.56. The smallest absolute Gasteiger partial charge is 0.230 e. The van der Waals surface area contributed by atoms with E-state index in [0.717, 1.165) is 16.9 Å². The van der Waals surface area contributed by atoms with Crippen LogP contribution >= 0.6 is 35.0 Å². The fraction of sp³-hybridized carbons (Fsp3) is 0.316. The number of hydrogen-bond acceptors (Lipinski definition) is 3. The minimum Gasteiger partial charge on any atom is -0.491 e. The quantitative estimate of drug-likeness (QED) is 0.653. The first-order valence-electron chi connectivity index (χ1n) is 7.98. The number of benzene rings is 2. The molecule has 1 N–H and O–H groups in total. The van der Waals surface area contributed by atoms with Crippen molar-refractivity contribution in [2.45, 2.75) is 32.2 Å². The van der Waals surface area contributed by atoms with Gasteiger partial charge in [-0.25, -0.2) is 0 Å². The number of ether oxygens (including phenoxy) is 1. The minimum absolute atomic E-state index is 0.000224. The summed E-state index contributed by atoms with van der Waals surface area (Å²) in [6.45, 7) is 4.46. The van der Waals surface area contributed by atoms with E-state index < -0.39 is 0 Å². The van der Waals surface area contributed by atoms with E-state index in [9.17, 15) is 4.79 Å². The molecule has 0 spiro atoms. The van der Waals surface area contributed by atoms with Gasteiger partial charge in [-0.05, 0) is 49.2 Å². The van der Waals surface area contributed by atoms with Crippen molar-refractivity contribution in [1.29, 1.82) is 0 Å². The zero-order valence-corrected chi connectivity index (χ0v) is 16.5. The van der Waals surface area contributed by atoms with Crippen LogP contribution in [0.3, 0.4) is 0 Å². The van der Waals surface area contributed by atoms with Crippen LogP contribution in [0.1, 0.15) is 25.0 Å². The van der Waals surface area contributed by atoms with Crippen LogP contribution in [0, 0.1) is 0 Å². The zero-order valence-electron chi connectivity index (χ0n) is 14.2. The van der Waals surface area contributed by atoms with Crippen LogP contribution in [0.15, 0.2) is 42.5 Å². The molecular weight excluding hydrogens is 377 g/mol. The van der Waals surface area contributed by atoms with Crippen molar-refractivity contribution in [3.8, 4) is 5.75 Å². The van der Waals surface area contributed by atoms with Gasteiger partial charge in [0.05, 0.1) is 21.9 Å². The van der Waals surface area contributed by atoms with E-state index in [1.807, 2.05) is 50.2 Å². The second-order valence-electron chi connectivity index (χ2n) is 5.83. The van der Waals surface area contributed by atoms with Gasteiger partial charge >= 0.3 is 0 Å². The van der Waals surface area contributed by atoms with Crippen LogP contribution in [-0.4, -0.2) is 17.8 Å². The Morgan fingerprint density at radius 3 is 2.64 bits per heavy atom. The van der Waals surface area contributed by atoms with Crippen molar-refractivity contribution in [3.63, 3.8) is 0 Å². The molecule has 6 heteroatoms. The summed E-state index contributed by atoms with van der Waals surface area (Å²) in [7, 11) is 0. The summed E-state index contributed by atoms with van der Waals surface area (Å²) in [5.74, 6) is 1.92. The molecule has 0 bridgehead atoms. The number of carbonyl (C=O) groups is 1. The van der Waals surface area contributed by atoms with Crippen LogP contribution in [0.25, 0.3) is 0 Å². The summed E-state index contributed by atoms with van der Waals surface area (Å²) >= 11 is 13.4. The number of amides is 1. The van der Waals surface area contributed by atoms with Gasteiger partial charge in [0.15, 0.2) is 0 Å². The van der Waals surface area contributed by atoms with Crippen molar-refractivity contribution in [2.24, 2.45) is 0 Å². The molecule has 0 aliphatic rings. The largest absolute Gasteiger partial charge is 0.491 e. The van der Waals surface area contributed by atoms with Crippen molar-refractivity contribution in [1.82, 2.24) is 5.32 Å². The number of carbonyl (C=O) groups excluding carboxylic acids is 1. The molecule has 0 fully saturated rings. The lowest BCUT2D eigenvalue weighted by Crippen LogP contribution is -2.24. The lowest BCUT2D eigenvalue weighted by atomic mass is 10.2. The number of hydrogen-bond donors (Lipinski definition) is 1. The van der Waals surface area contributed by atoms with E-state index in [0.29, 0.717) is 28.1 Å². The molecule has 134 valence electrons. The molecule has 0 atom stereocenters. The lowest BCUT2D eigenvalue weighted by Gasteiger charge is -2.11. The molecule has 0 saturated heterocycles. The molecule has 0 saturated carbocycles. The molecule has 0 heterocycles. The maximum Gasteiger partial charge on any atom is 0.230 e. The van der Waals surface area contributed by atoms with Crippen LogP contribution in [0.2, 0.25) is 10.0 Å². The van der Waals surface area contributed by atoms with E-state index in [4.69, 9.17) is 27.9 Å². The topological polar surface area (TPSA) is 38.3 Å². The Morgan fingerprint density at radius 1 is 1.12 bits per heavy atom. The van der Waals surface area contributed by atoms with Gasteiger partial charge in [-0.3, -0.25) is 4.79 Å². The minimum atomic E-state index is 0.000224. The van der Waals surface area contributed by atoms with Gasteiger partial charge in [-0.1, -0.05) is 41.4 Å². The fourth-order valence-electron chi connectivity index (χ4n) is 2.14. The fourth-order valence-corrected chi connectivity index (χ4v) is 3.27. The Balaban J connectivity index is 1.74. The number of nitrogens with one attached hydrogen (secondary N) is 1. The molecule has 1 amide bonds. The first kappa shape index (κ1) is 20.0. The normalized spacial score (nSPS) is 10.8. The van der Waals surface area contributed by atoms with Crippen LogP contribution in [0.4, 0.5) is 0 Å². The van der Waals surface area contributed by atoms with E-state index in [-0.39, 0.29) is 12.0 Å². The monoisotopic (exact) mass is 397 g/mol. The van der Waals surface area contributed by atoms with Crippen LogP contribution in [-0.2, 0) is 17.1 Å². The Hall–Kier alpha value is -1.36. The molecular formula is C19H21Cl2NO2S. The standard InChI is InChI=1S/C19H21Cl2NO2S/c1-13(2)24-16-5-3-4-14(8-16)10-22-19(23)12-25-11-15-6-7-17(20)18(21)9-15/h3-9,13H,10-12H2,1-2H3,(H,22,23). The number of halogens is 2. The molecule has 0 aromatic heterocycles. The Kier molecular flexibility index (Phi) is 7.94. The Morgan fingerprint density at radius 2 is 1.92 bits per heavy atom. The van der Waals surface area contributed by atoms with Gasteiger partial charge in [-0.2, -0.15) is 0 Å². The first-order chi connectivity index (χ1) is 11.9.